The molecule has 0 fully saturated rings. The van der Waals surface area contributed by atoms with Crippen molar-refractivity contribution in [1.82, 2.24) is 0 Å². The van der Waals surface area contributed by atoms with Crippen LogP contribution in [0, 0.1) is 0 Å². The Morgan fingerprint density at radius 3 is 2.75 bits per heavy atom. The van der Waals surface area contributed by atoms with Crippen molar-refractivity contribution in [1.29, 1.82) is 0 Å². The predicted octanol–water partition coefficient (Wildman–Crippen LogP) is 1.28. The molecule has 0 spiro atoms. The molecule has 0 aliphatic carbocycles. The van der Waals surface area contributed by atoms with E-state index >= 15 is 0 Å². The zero-order chi connectivity index (χ0) is 5.82. The van der Waals surface area contributed by atoms with Crippen LogP contribution in [0.2, 0.25) is 0 Å². The van der Waals surface area contributed by atoms with Gasteiger partial charge in [-0.3, -0.25) is 4.99 Å². The highest BCUT2D eigenvalue weighted by molar-refractivity contribution is 7.07. The van der Waals surface area contributed by atoms with Crippen LogP contribution in [0.1, 0.15) is 0 Å². The van der Waals surface area contributed by atoms with Gasteiger partial charge >= 0.3 is 0 Å². The third-order valence-corrected chi connectivity index (χ3v) is 1.69. The molecule has 0 amide bonds. The van der Waals surface area contributed by atoms with Crippen LogP contribution in [0.25, 0.3) is 0 Å². The topological polar surface area (TPSA) is 12.4 Å². The average molecular weight is 125 g/mol. The Morgan fingerprint density at radius 2 is 2.38 bits per heavy atom. The highest BCUT2D eigenvalue weighted by atomic mass is 32.1. The molecule has 8 heavy (non-hydrogen) atoms. The van der Waals surface area contributed by atoms with Gasteiger partial charge < -0.3 is 0 Å². The van der Waals surface area contributed by atoms with Crippen LogP contribution in [0.4, 0.5) is 0 Å². The number of hydrogen-bond donors (Lipinski definition) is 0. The molecule has 0 aliphatic heterocycles. The molecule has 0 radical (unpaired) electrons. The summed E-state index contributed by atoms with van der Waals surface area (Å²) in [7, 11) is 1.80. The molecular weight excluding hydrogens is 118 g/mol. The van der Waals surface area contributed by atoms with E-state index in [0.717, 1.165) is 4.67 Å². The Bertz CT molecular complexity index is 196. The second-order valence-corrected chi connectivity index (χ2v) is 2.29. The summed E-state index contributed by atoms with van der Waals surface area (Å²) >= 11 is 1.65. The van der Waals surface area contributed by atoms with Crippen LogP contribution >= 0.6 is 11.3 Å². The van der Waals surface area contributed by atoms with Gasteiger partial charge in [-0.25, -0.2) is 0 Å². The Labute approximate surface area is 52.3 Å². The smallest absolute Gasteiger partial charge is 0.109 e. The van der Waals surface area contributed by atoms with Crippen LogP contribution in [-0.4, -0.2) is 7.05 Å². The minimum Gasteiger partial charge on any atom is -0.278 e. The van der Waals surface area contributed by atoms with Crippen molar-refractivity contribution in [2.24, 2.45) is 4.99 Å². The first-order chi connectivity index (χ1) is 3.93. The van der Waals surface area contributed by atoms with E-state index in [2.05, 4.69) is 4.99 Å². The van der Waals surface area contributed by atoms with Crippen LogP contribution in [0.15, 0.2) is 28.6 Å². The van der Waals surface area contributed by atoms with Crippen molar-refractivity contribution in [2.45, 2.75) is 0 Å². The third-order valence-electron chi connectivity index (χ3n) is 0.838. The highest BCUT2D eigenvalue weighted by Gasteiger charge is 1.70. The van der Waals surface area contributed by atoms with Gasteiger partial charge in [0.05, 0.1) is 0 Å². The maximum Gasteiger partial charge on any atom is 0.109 e. The van der Waals surface area contributed by atoms with Gasteiger partial charge in [-0.1, -0.05) is 12.1 Å². The lowest BCUT2D eigenvalue weighted by Gasteiger charge is -1.77. The zero-order valence-corrected chi connectivity index (χ0v) is 5.48. The standard InChI is InChI=1S/C6H7NS/c1-7-6-4-2-3-5-8-6/h2-5H,1H3. The lowest BCUT2D eigenvalue weighted by Crippen LogP contribution is -1.90. The molecule has 42 valence electrons. The molecule has 0 saturated heterocycles. The molecule has 0 aliphatic rings. The summed E-state index contributed by atoms with van der Waals surface area (Å²) in [6, 6.07) is 5.98. The molecule has 1 heterocycles. The minimum atomic E-state index is 1.08. The second-order valence-electron chi connectivity index (χ2n) is 1.37. The van der Waals surface area contributed by atoms with Gasteiger partial charge in [0, 0.05) is 7.05 Å². The predicted molar refractivity (Wildman–Crippen MR) is 35.8 cm³/mol. The number of nitrogens with zero attached hydrogens (tertiary/aromatic N) is 1. The summed E-state index contributed by atoms with van der Waals surface area (Å²) in [5.41, 5.74) is 0. The lowest BCUT2D eigenvalue weighted by atomic mass is 10.6. The van der Waals surface area contributed by atoms with Crippen molar-refractivity contribution in [3.63, 3.8) is 0 Å². The molecule has 0 N–H and O–H groups in total. The van der Waals surface area contributed by atoms with E-state index in [9.17, 15) is 0 Å². The van der Waals surface area contributed by atoms with E-state index in [1.54, 1.807) is 18.4 Å². The van der Waals surface area contributed by atoms with Gasteiger partial charge in [0.15, 0.2) is 0 Å². The largest absolute Gasteiger partial charge is 0.278 e. The molecular formula is C6H7NS. The van der Waals surface area contributed by atoms with E-state index < -0.39 is 0 Å². The Hall–Kier alpha value is -0.630. The van der Waals surface area contributed by atoms with Gasteiger partial charge in [0.1, 0.15) is 4.67 Å². The summed E-state index contributed by atoms with van der Waals surface area (Å²) in [6.45, 7) is 0. The van der Waals surface area contributed by atoms with E-state index in [4.69, 9.17) is 0 Å². The van der Waals surface area contributed by atoms with Crippen molar-refractivity contribution in [3.8, 4) is 0 Å². The van der Waals surface area contributed by atoms with Crippen LogP contribution < -0.4 is 4.67 Å². The Balaban J connectivity index is 3.20. The van der Waals surface area contributed by atoms with Gasteiger partial charge in [-0.15, -0.1) is 11.3 Å². The first kappa shape index (κ1) is 5.51. The number of rotatable bonds is 0. The molecule has 0 aromatic carbocycles. The summed E-state index contributed by atoms with van der Waals surface area (Å²) < 4.78 is 1.08. The first-order valence-corrected chi connectivity index (χ1v) is 3.28. The SMILES string of the molecule is CN=c1ccccs1. The monoisotopic (exact) mass is 125 g/mol. The summed E-state index contributed by atoms with van der Waals surface area (Å²) in [5.74, 6) is 0. The molecule has 0 atom stereocenters. The van der Waals surface area contributed by atoms with E-state index in [1.807, 2.05) is 23.6 Å². The van der Waals surface area contributed by atoms with Gasteiger partial charge in [0.2, 0.25) is 0 Å². The maximum atomic E-state index is 3.99. The maximum absolute atomic E-state index is 3.99. The quantitative estimate of drug-likeness (QED) is 0.495. The number of hydrogen-bond acceptors (Lipinski definition) is 2. The molecule has 1 aromatic rings. The molecule has 1 nitrogen and oxygen atoms in total. The fourth-order valence-electron chi connectivity index (χ4n) is 0.459. The molecule has 1 aromatic heterocycles. The Kier molecular flexibility index (Phi) is 1.80. The first-order valence-electron chi connectivity index (χ1n) is 2.40. The molecule has 1 rings (SSSR count). The van der Waals surface area contributed by atoms with Gasteiger partial charge in [0.25, 0.3) is 0 Å². The molecule has 0 bridgehead atoms. The van der Waals surface area contributed by atoms with Crippen molar-refractivity contribution in [3.05, 3.63) is 28.3 Å². The lowest BCUT2D eigenvalue weighted by molar-refractivity contribution is 1.33. The normalized spacial score (nSPS) is 11.9. The fraction of sp³-hybridized carbons (Fsp3) is 0.167. The molecule has 0 saturated carbocycles. The zero-order valence-electron chi connectivity index (χ0n) is 4.66. The Morgan fingerprint density at radius 1 is 1.50 bits per heavy atom. The molecule has 2 heteroatoms. The minimum absolute atomic E-state index is 1.08. The third kappa shape index (κ3) is 1.17. The van der Waals surface area contributed by atoms with Gasteiger partial charge in [-0.05, 0) is 11.4 Å². The summed E-state index contributed by atoms with van der Waals surface area (Å²) in [6.07, 6.45) is 0. The fourth-order valence-corrected chi connectivity index (χ4v) is 1.03. The van der Waals surface area contributed by atoms with E-state index in [-0.39, 0.29) is 0 Å². The van der Waals surface area contributed by atoms with Gasteiger partial charge in [-0.2, -0.15) is 0 Å². The van der Waals surface area contributed by atoms with Crippen molar-refractivity contribution in [2.75, 3.05) is 7.05 Å². The summed E-state index contributed by atoms with van der Waals surface area (Å²) in [4.78, 5) is 3.99. The second kappa shape index (κ2) is 2.62. The van der Waals surface area contributed by atoms with E-state index in [0.29, 0.717) is 0 Å². The van der Waals surface area contributed by atoms with E-state index in [1.165, 1.54) is 0 Å². The summed E-state index contributed by atoms with van der Waals surface area (Å²) in [5, 5.41) is 2.02. The van der Waals surface area contributed by atoms with Crippen LogP contribution in [0.5, 0.6) is 0 Å². The van der Waals surface area contributed by atoms with Crippen LogP contribution in [0.3, 0.4) is 0 Å². The van der Waals surface area contributed by atoms with Crippen LogP contribution in [-0.2, 0) is 0 Å². The van der Waals surface area contributed by atoms with Crippen molar-refractivity contribution >= 4 is 11.3 Å². The molecule has 0 unspecified atom stereocenters. The highest BCUT2D eigenvalue weighted by Crippen LogP contribution is 1.83. The average Bonchev–Trinajstić information content (AvgIpc) is 1.90. The van der Waals surface area contributed by atoms with Crippen molar-refractivity contribution < 1.29 is 0 Å².